The molecule has 0 bridgehead atoms. The second-order valence-electron chi connectivity index (χ2n) is 19.3. The second-order valence-corrected chi connectivity index (χ2v) is 20.6. The molecule has 358 valence electrons. The number of carbonyl (C=O) groups is 4. The zero-order valence-corrected chi connectivity index (χ0v) is 41.0. The van der Waals surface area contributed by atoms with E-state index in [1.807, 2.05) is 79.7 Å². The summed E-state index contributed by atoms with van der Waals surface area (Å²) in [5.41, 5.74) is 10.7. The molecular weight excluding hydrogens is 898 g/mol. The van der Waals surface area contributed by atoms with Crippen molar-refractivity contribution in [2.24, 2.45) is 22.0 Å². The first-order valence-electron chi connectivity index (χ1n) is 22.1. The zero-order chi connectivity index (χ0) is 49.0. The van der Waals surface area contributed by atoms with Crippen molar-refractivity contribution in [3.63, 3.8) is 0 Å². The van der Waals surface area contributed by atoms with Gasteiger partial charge >= 0.3 is 0 Å². The van der Waals surface area contributed by atoms with Crippen molar-refractivity contribution in [1.82, 2.24) is 30.2 Å². The number of carbonyl (C=O) groups excluding carboxylic acids is 4. The van der Waals surface area contributed by atoms with Crippen molar-refractivity contribution in [2.45, 2.75) is 105 Å². The van der Waals surface area contributed by atoms with Gasteiger partial charge in [-0.1, -0.05) is 72.2 Å². The molecule has 4 aromatic rings. The van der Waals surface area contributed by atoms with E-state index >= 15 is 4.79 Å². The fourth-order valence-corrected chi connectivity index (χ4v) is 10.8. The van der Waals surface area contributed by atoms with E-state index in [2.05, 4.69) is 26.4 Å². The van der Waals surface area contributed by atoms with Gasteiger partial charge in [0.05, 0.1) is 45.1 Å². The summed E-state index contributed by atoms with van der Waals surface area (Å²) >= 11 is 7.95. The molecule has 4 amide bonds. The van der Waals surface area contributed by atoms with Crippen LogP contribution in [0.25, 0.3) is 10.4 Å². The lowest BCUT2D eigenvalue weighted by Crippen LogP contribution is -2.78. The highest BCUT2D eigenvalue weighted by Gasteiger charge is 2.68. The largest absolute Gasteiger partial charge is 0.489 e. The van der Waals surface area contributed by atoms with Gasteiger partial charge in [-0.15, -0.1) is 11.3 Å². The summed E-state index contributed by atoms with van der Waals surface area (Å²) in [6.45, 7) is 15.4. The highest BCUT2D eigenvalue weighted by molar-refractivity contribution is 7.13. The molecule has 6 rings (SSSR count). The minimum absolute atomic E-state index is 0.00279. The van der Waals surface area contributed by atoms with Gasteiger partial charge in [0.25, 0.3) is 11.8 Å². The van der Waals surface area contributed by atoms with Gasteiger partial charge in [0.2, 0.25) is 17.7 Å². The number of hydrogen-bond acceptors (Lipinski definition) is 14. The highest BCUT2D eigenvalue weighted by atomic mass is 35.5. The Morgan fingerprint density at radius 3 is 2.37 bits per heavy atom. The topological polar surface area (TPSA) is 226 Å². The maximum absolute atomic E-state index is 15.4. The van der Waals surface area contributed by atoms with E-state index in [-0.39, 0.29) is 49.3 Å². The molecule has 1 aliphatic heterocycles. The number of ether oxygens (including phenoxy) is 3. The van der Waals surface area contributed by atoms with Gasteiger partial charge in [0.15, 0.2) is 0 Å². The number of hydrogen-bond donors (Lipinski definition) is 3. The number of thiazole rings is 1. The number of nitrogens with two attached hydrogens (primary N) is 1. The Hall–Kier alpha value is -5.87. The first-order chi connectivity index (χ1) is 31.6. The average Bonchev–Trinajstić information content (AvgIpc) is 3.89. The number of aromatic nitrogens is 3. The van der Waals surface area contributed by atoms with E-state index in [0.29, 0.717) is 29.8 Å². The van der Waals surface area contributed by atoms with Crippen LogP contribution in [0.5, 0.6) is 11.6 Å². The summed E-state index contributed by atoms with van der Waals surface area (Å²) in [5, 5.41) is 22.4. The Labute approximate surface area is 400 Å². The molecule has 2 aromatic carbocycles. The lowest BCUT2D eigenvalue weighted by atomic mass is 9.48. The van der Waals surface area contributed by atoms with Crippen molar-refractivity contribution in [3.8, 4) is 28.1 Å². The molecule has 1 aliphatic carbocycles. The summed E-state index contributed by atoms with van der Waals surface area (Å²) in [4.78, 5) is 72.5. The number of nitrogens with one attached hydrogen (secondary N) is 1. The van der Waals surface area contributed by atoms with Crippen LogP contribution >= 0.6 is 22.9 Å². The van der Waals surface area contributed by atoms with E-state index in [1.54, 1.807) is 52.0 Å². The third-order valence-corrected chi connectivity index (χ3v) is 13.8. The fourth-order valence-electron chi connectivity index (χ4n) is 9.76. The predicted molar refractivity (Wildman–Crippen MR) is 253 cm³/mol. The number of benzene rings is 2. The van der Waals surface area contributed by atoms with E-state index in [9.17, 15) is 24.8 Å². The second kappa shape index (κ2) is 20.6. The molecule has 17 nitrogen and oxygen atoms in total. The first-order valence-corrected chi connectivity index (χ1v) is 23.3. The normalized spacial score (nSPS) is 19.9. The van der Waals surface area contributed by atoms with Crippen LogP contribution in [0, 0.1) is 34.5 Å². The Morgan fingerprint density at radius 2 is 1.76 bits per heavy atom. The van der Waals surface area contributed by atoms with Crippen molar-refractivity contribution in [1.29, 1.82) is 5.26 Å². The zero-order valence-electron chi connectivity index (χ0n) is 39.4. The number of hydrazine groups is 1. The van der Waals surface area contributed by atoms with E-state index in [0.717, 1.165) is 16.1 Å². The molecule has 67 heavy (non-hydrogen) atoms. The summed E-state index contributed by atoms with van der Waals surface area (Å²) < 4.78 is 18.3. The van der Waals surface area contributed by atoms with E-state index in [4.69, 9.17) is 31.5 Å². The molecule has 2 fully saturated rings. The van der Waals surface area contributed by atoms with Crippen LogP contribution < -0.4 is 25.6 Å². The van der Waals surface area contributed by atoms with Gasteiger partial charge in [-0.2, -0.15) is 5.26 Å². The average molecular weight is 959 g/mol. The van der Waals surface area contributed by atoms with Crippen molar-refractivity contribution < 1.29 is 38.5 Å². The number of aliphatic hydroxyl groups excluding tert-OH is 1. The van der Waals surface area contributed by atoms with Gasteiger partial charge in [0, 0.05) is 55.8 Å². The molecule has 0 radical (unpaired) electrons. The van der Waals surface area contributed by atoms with Crippen LogP contribution in [-0.2, 0) is 19.1 Å². The van der Waals surface area contributed by atoms with Crippen LogP contribution in [0.4, 0.5) is 5.69 Å². The highest BCUT2D eigenvalue weighted by Crippen LogP contribution is 2.59. The van der Waals surface area contributed by atoms with Crippen LogP contribution in [0.1, 0.15) is 89.3 Å². The fraction of sp³-hybridized carbons (Fsp3) is 0.500. The van der Waals surface area contributed by atoms with Crippen LogP contribution in [0.3, 0.4) is 0 Å². The standard InChI is InChI=1S/C48H60ClN9O8S/c1-28-38(67-27-54-28)29-12-15-31(16-13-29)56(9)55-41(62)36-20-32(59)24-57(36)43(63)39(46(2,3)4)58(37(60)25-64-18-10-11-19-65-42-34(40(51)61)23-52-26-53-42)44-47(5,6)45(48(44,7)8)66-33-17-14-30(22-50)35(49)21-33/h12-17,21,23,26-27,32,36,39,44-45,59H,10-11,18-20,24-25H2,1-9H3,(H2,51,61)(H,55,62)/t32-,36+,39-,44?,45?/m1/s1. The number of nitrogens with zero attached hydrogens (tertiary/aromatic N) is 7. The number of likely N-dealkylation sites (tertiary alicyclic amines) is 1. The molecule has 3 heterocycles. The van der Waals surface area contributed by atoms with Crippen molar-refractivity contribution >= 4 is 52.3 Å². The third-order valence-electron chi connectivity index (χ3n) is 12.5. The third kappa shape index (κ3) is 11.0. The summed E-state index contributed by atoms with van der Waals surface area (Å²) in [6.07, 6.45) is 2.04. The number of aliphatic hydroxyl groups is 1. The lowest BCUT2D eigenvalue weighted by Gasteiger charge is -2.67. The molecule has 1 saturated heterocycles. The number of aryl methyl sites for hydroxylation is 1. The lowest BCUT2D eigenvalue weighted by molar-refractivity contribution is -0.226. The number of halogens is 1. The molecule has 19 heteroatoms. The van der Waals surface area contributed by atoms with Gasteiger partial charge in [-0.25, -0.2) is 15.0 Å². The summed E-state index contributed by atoms with van der Waals surface area (Å²) in [7, 11) is 1.71. The molecule has 1 saturated carbocycles. The number of anilines is 1. The summed E-state index contributed by atoms with van der Waals surface area (Å²) in [5.74, 6) is -1.61. The first kappa shape index (κ1) is 50.5. The monoisotopic (exact) mass is 957 g/mol. The number of nitriles is 1. The number of unbranched alkanes of at least 4 members (excludes halogenated alkanes) is 1. The number of β-amino-alcohol motifs (C(OH)–C–C–N with tert-alkyl or cyclic N) is 1. The maximum Gasteiger partial charge on any atom is 0.261 e. The number of amides is 4. The Bertz CT molecular complexity index is 2470. The minimum Gasteiger partial charge on any atom is -0.489 e. The maximum atomic E-state index is 15.4. The molecule has 3 atom stereocenters. The van der Waals surface area contributed by atoms with Crippen LogP contribution in [0.2, 0.25) is 5.02 Å². The van der Waals surface area contributed by atoms with Crippen molar-refractivity contribution in [3.05, 3.63) is 82.3 Å². The van der Waals surface area contributed by atoms with Crippen molar-refractivity contribution in [2.75, 3.05) is 38.4 Å². The molecule has 0 unspecified atom stereocenters. The molecule has 4 N–H and O–H groups in total. The van der Waals surface area contributed by atoms with Gasteiger partial charge in [-0.3, -0.25) is 29.6 Å². The smallest absolute Gasteiger partial charge is 0.261 e. The van der Waals surface area contributed by atoms with Gasteiger partial charge < -0.3 is 34.9 Å². The van der Waals surface area contributed by atoms with Crippen LogP contribution in [0.15, 0.2) is 60.5 Å². The Kier molecular flexibility index (Phi) is 15.5. The summed E-state index contributed by atoms with van der Waals surface area (Å²) in [6, 6.07) is 11.8. The SMILES string of the molecule is Cc1ncsc1-c1ccc(N(C)NC(=O)[C@@H]2C[C@@H](O)CN2C(=O)[C@@H](N(C(=O)COCCCCOc2ncncc2C(N)=O)C2C(C)(C)C(Oc3ccc(C#N)c(Cl)c3)C2(C)C)C(C)(C)C)cc1. The van der Waals surface area contributed by atoms with E-state index < -0.39 is 70.2 Å². The minimum atomic E-state index is -1.13. The number of rotatable bonds is 18. The Morgan fingerprint density at radius 1 is 1.07 bits per heavy atom. The molecule has 2 aliphatic rings. The molecular formula is C48H60ClN9O8S. The predicted octanol–water partition coefficient (Wildman–Crippen LogP) is 5.96. The number of primary amides is 1. The molecule has 0 spiro atoms. The molecule has 2 aromatic heterocycles. The van der Waals surface area contributed by atoms with Gasteiger partial charge in [0.1, 0.15) is 48.5 Å². The van der Waals surface area contributed by atoms with Gasteiger partial charge in [-0.05, 0) is 55.0 Å². The van der Waals surface area contributed by atoms with Crippen LogP contribution in [-0.4, -0.2) is 117 Å². The Balaban J connectivity index is 1.23. The quantitative estimate of drug-likeness (QED) is 0.0774. The van der Waals surface area contributed by atoms with E-state index in [1.165, 1.54) is 17.4 Å².